The Morgan fingerprint density at radius 2 is 1.56 bits per heavy atom. The molecule has 1 rings (SSSR count). The molecule has 25 heavy (non-hydrogen) atoms. The number of carbonyl (C=O) groups excluding carboxylic acids is 2. The molecule has 0 spiro atoms. The summed E-state index contributed by atoms with van der Waals surface area (Å²) < 4.78 is 15.7. The first-order valence-electron chi connectivity index (χ1n) is 8.54. The molecule has 3 atom stereocenters. The lowest BCUT2D eigenvalue weighted by atomic mass is 9.88. The smallest absolute Gasteiger partial charge is 0.459 e. The van der Waals surface area contributed by atoms with E-state index in [1.165, 1.54) is 0 Å². The molecule has 0 radical (unpaired) electrons. The van der Waals surface area contributed by atoms with Gasteiger partial charge in [-0.2, -0.15) is 0 Å². The van der Waals surface area contributed by atoms with Crippen LogP contribution in [0.25, 0.3) is 0 Å². The molecule has 5 nitrogen and oxygen atoms in total. The molecule has 0 bridgehead atoms. The van der Waals surface area contributed by atoms with Crippen molar-refractivity contribution in [1.29, 1.82) is 0 Å². The molecule has 6 heteroatoms. The average molecular weight is 371 g/mol. The summed E-state index contributed by atoms with van der Waals surface area (Å²) in [4.78, 5) is 23.9. The summed E-state index contributed by atoms with van der Waals surface area (Å²) in [5, 5.41) is 0.554. The summed E-state index contributed by atoms with van der Waals surface area (Å²) in [6.07, 6.45) is -0.820. The predicted octanol–water partition coefficient (Wildman–Crippen LogP) is 5.11. The van der Waals surface area contributed by atoms with Gasteiger partial charge in [0, 0.05) is 10.9 Å². The molecular formula is C19H27ClO5. The van der Waals surface area contributed by atoms with Crippen LogP contribution in [-0.2, 0) is 14.2 Å². The zero-order valence-electron chi connectivity index (χ0n) is 15.5. The van der Waals surface area contributed by atoms with Crippen LogP contribution in [-0.4, -0.2) is 30.9 Å². The average Bonchev–Trinajstić information content (AvgIpc) is 2.52. The summed E-state index contributed by atoms with van der Waals surface area (Å²) in [6, 6.07) is 6.52. The fourth-order valence-electron chi connectivity index (χ4n) is 2.61. The number of rotatable bonds is 8. The molecule has 0 heterocycles. The summed E-state index contributed by atoms with van der Waals surface area (Å²) in [6.45, 7) is 9.70. The van der Waals surface area contributed by atoms with E-state index in [1.54, 1.807) is 38.1 Å². The van der Waals surface area contributed by atoms with Gasteiger partial charge >= 0.3 is 12.1 Å². The summed E-state index contributed by atoms with van der Waals surface area (Å²) in [7, 11) is 0. The highest BCUT2D eigenvalue weighted by Crippen LogP contribution is 2.25. The minimum Gasteiger partial charge on any atom is -0.459 e. The molecule has 140 valence electrons. The number of esters is 1. The third-order valence-corrected chi connectivity index (χ3v) is 4.12. The molecular weight excluding hydrogens is 344 g/mol. The first-order valence-corrected chi connectivity index (χ1v) is 8.92. The van der Waals surface area contributed by atoms with Crippen molar-refractivity contribution >= 4 is 23.7 Å². The standard InChI is InChI=1S/C19H27ClO5/c1-6-23-19(22)25-14(5)17(11-12(2)3)13(4)24-18(21)15-7-9-16(20)10-8-15/h7-10,12-14,17H,6,11H2,1-5H3. The first-order chi connectivity index (χ1) is 11.7. The highest BCUT2D eigenvalue weighted by molar-refractivity contribution is 6.30. The van der Waals surface area contributed by atoms with Crippen molar-refractivity contribution in [1.82, 2.24) is 0 Å². The van der Waals surface area contributed by atoms with Gasteiger partial charge in [-0.15, -0.1) is 0 Å². The van der Waals surface area contributed by atoms with E-state index in [0.717, 1.165) is 6.42 Å². The summed E-state index contributed by atoms with van der Waals surface area (Å²) >= 11 is 5.83. The molecule has 0 saturated heterocycles. The van der Waals surface area contributed by atoms with Crippen molar-refractivity contribution < 1.29 is 23.8 Å². The molecule has 1 aromatic carbocycles. The highest BCUT2D eigenvalue weighted by Gasteiger charge is 2.30. The van der Waals surface area contributed by atoms with Crippen LogP contribution < -0.4 is 0 Å². The van der Waals surface area contributed by atoms with Crippen molar-refractivity contribution in [3.63, 3.8) is 0 Å². The zero-order valence-corrected chi connectivity index (χ0v) is 16.2. The van der Waals surface area contributed by atoms with Gasteiger partial charge in [-0.25, -0.2) is 9.59 Å². The Balaban J connectivity index is 2.77. The number of carbonyl (C=O) groups is 2. The number of ether oxygens (including phenoxy) is 3. The minimum absolute atomic E-state index is 0.138. The Morgan fingerprint density at radius 3 is 2.08 bits per heavy atom. The van der Waals surface area contributed by atoms with Crippen molar-refractivity contribution in [2.45, 2.75) is 53.2 Å². The van der Waals surface area contributed by atoms with E-state index < -0.39 is 24.3 Å². The predicted molar refractivity (Wildman–Crippen MR) is 96.8 cm³/mol. The van der Waals surface area contributed by atoms with Crippen molar-refractivity contribution in [2.75, 3.05) is 6.61 Å². The molecule has 0 aliphatic carbocycles. The van der Waals surface area contributed by atoms with E-state index in [2.05, 4.69) is 13.8 Å². The normalized spacial score (nSPS) is 14.5. The Labute approximate surface area is 154 Å². The van der Waals surface area contributed by atoms with Gasteiger partial charge < -0.3 is 14.2 Å². The van der Waals surface area contributed by atoms with Crippen molar-refractivity contribution in [3.8, 4) is 0 Å². The van der Waals surface area contributed by atoms with Gasteiger partial charge in [0.1, 0.15) is 12.2 Å². The van der Waals surface area contributed by atoms with Crippen molar-refractivity contribution in [3.05, 3.63) is 34.9 Å². The van der Waals surface area contributed by atoms with Gasteiger partial charge in [-0.1, -0.05) is 25.4 Å². The highest BCUT2D eigenvalue weighted by atomic mass is 35.5. The number of hydrogen-bond donors (Lipinski definition) is 0. The van der Waals surface area contributed by atoms with Gasteiger partial charge in [0.15, 0.2) is 0 Å². The number of hydrogen-bond acceptors (Lipinski definition) is 5. The van der Waals surface area contributed by atoms with Crippen LogP contribution in [0.3, 0.4) is 0 Å². The Hall–Kier alpha value is -1.75. The van der Waals surface area contributed by atoms with Crippen LogP contribution in [0.5, 0.6) is 0 Å². The van der Waals surface area contributed by atoms with E-state index in [1.807, 2.05) is 6.92 Å². The maximum atomic E-state index is 12.3. The quantitative estimate of drug-likeness (QED) is 0.595. The molecule has 0 amide bonds. The van der Waals surface area contributed by atoms with Gasteiger partial charge in [-0.3, -0.25) is 0 Å². The topological polar surface area (TPSA) is 61.8 Å². The lowest BCUT2D eigenvalue weighted by molar-refractivity contribution is -0.0358. The molecule has 0 aromatic heterocycles. The van der Waals surface area contributed by atoms with E-state index >= 15 is 0 Å². The molecule has 0 aliphatic rings. The Kier molecular flexibility index (Phi) is 8.76. The third kappa shape index (κ3) is 7.34. The van der Waals surface area contributed by atoms with Crippen LogP contribution in [0.2, 0.25) is 5.02 Å². The molecule has 0 saturated carbocycles. The maximum absolute atomic E-state index is 12.3. The van der Waals surface area contributed by atoms with E-state index in [0.29, 0.717) is 16.5 Å². The van der Waals surface area contributed by atoms with E-state index in [-0.39, 0.29) is 12.5 Å². The summed E-state index contributed by atoms with van der Waals surface area (Å²) in [5.74, 6) is -0.211. The second-order valence-electron chi connectivity index (χ2n) is 6.42. The fourth-order valence-corrected chi connectivity index (χ4v) is 2.74. The second-order valence-corrected chi connectivity index (χ2v) is 6.85. The van der Waals surface area contributed by atoms with Crippen LogP contribution in [0.4, 0.5) is 4.79 Å². The Morgan fingerprint density at radius 1 is 1.00 bits per heavy atom. The maximum Gasteiger partial charge on any atom is 0.508 e. The van der Waals surface area contributed by atoms with Crippen LogP contribution in [0.1, 0.15) is 51.4 Å². The molecule has 1 aromatic rings. The molecule has 0 N–H and O–H groups in total. The second kappa shape index (κ2) is 10.3. The van der Waals surface area contributed by atoms with Gasteiger partial charge in [0.2, 0.25) is 0 Å². The zero-order chi connectivity index (χ0) is 19.0. The molecule has 0 aliphatic heterocycles. The largest absolute Gasteiger partial charge is 0.508 e. The van der Waals surface area contributed by atoms with E-state index in [9.17, 15) is 9.59 Å². The molecule has 3 unspecified atom stereocenters. The van der Waals surface area contributed by atoms with Gasteiger partial charge in [0.25, 0.3) is 0 Å². The van der Waals surface area contributed by atoms with Crippen LogP contribution in [0, 0.1) is 11.8 Å². The van der Waals surface area contributed by atoms with Crippen molar-refractivity contribution in [2.24, 2.45) is 11.8 Å². The SMILES string of the molecule is CCOC(=O)OC(C)C(CC(C)C)C(C)OC(=O)c1ccc(Cl)cc1. The first kappa shape index (κ1) is 21.3. The fraction of sp³-hybridized carbons (Fsp3) is 0.579. The summed E-state index contributed by atoms with van der Waals surface area (Å²) in [5.41, 5.74) is 0.429. The molecule has 0 fully saturated rings. The lowest BCUT2D eigenvalue weighted by Gasteiger charge is -2.30. The van der Waals surface area contributed by atoms with Gasteiger partial charge in [0.05, 0.1) is 12.2 Å². The van der Waals surface area contributed by atoms with Crippen LogP contribution in [0.15, 0.2) is 24.3 Å². The monoisotopic (exact) mass is 370 g/mol. The lowest BCUT2D eigenvalue weighted by Crippen LogP contribution is -2.35. The van der Waals surface area contributed by atoms with Gasteiger partial charge in [-0.05, 0) is 57.4 Å². The van der Waals surface area contributed by atoms with Crippen LogP contribution >= 0.6 is 11.6 Å². The Bertz CT molecular complexity index is 555. The van der Waals surface area contributed by atoms with E-state index in [4.69, 9.17) is 25.8 Å². The minimum atomic E-state index is -0.708. The number of halogens is 1. The number of benzene rings is 1. The third-order valence-electron chi connectivity index (χ3n) is 3.87.